The lowest BCUT2D eigenvalue weighted by Gasteiger charge is -2.11. The second-order valence-corrected chi connectivity index (χ2v) is 5.90. The molecule has 0 aliphatic carbocycles. The van der Waals surface area contributed by atoms with Crippen LogP contribution in [0, 0.1) is 13.8 Å². The van der Waals surface area contributed by atoms with Gasteiger partial charge in [0.25, 0.3) is 5.91 Å². The minimum Gasteiger partial charge on any atom is -0.466 e. The Kier molecular flexibility index (Phi) is 5.51. The second kappa shape index (κ2) is 7.18. The zero-order valence-electron chi connectivity index (χ0n) is 12.3. The van der Waals surface area contributed by atoms with Gasteiger partial charge in [0.15, 0.2) is 0 Å². The Morgan fingerprint density at radius 1 is 1.32 bits per heavy atom. The number of furan rings is 1. The van der Waals surface area contributed by atoms with Crippen LogP contribution >= 0.6 is 23.2 Å². The fourth-order valence-electron chi connectivity index (χ4n) is 2.23. The molecule has 0 fully saturated rings. The Hall–Kier alpha value is -1.49. The molecule has 1 aromatic heterocycles. The van der Waals surface area contributed by atoms with E-state index in [1.807, 2.05) is 6.92 Å². The summed E-state index contributed by atoms with van der Waals surface area (Å²) >= 11 is 11.8. The fraction of sp³-hybridized carbons (Fsp3) is 0.312. The first-order chi connectivity index (χ1) is 10.4. The van der Waals surface area contributed by atoms with Crippen LogP contribution in [0.5, 0.6) is 0 Å². The van der Waals surface area contributed by atoms with Crippen LogP contribution in [0.3, 0.4) is 0 Å². The zero-order chi connectivity index (χ0) is 16.3. The minimum atomic E-state index is -0.687. The van der Waals surface area contributed by atoms with Gasteiger partial charge in [-0.2, -0.15) is 0 Å². The van der Waals surface area contributed by atoms with E-state index in [0.29, 0.717) is 34.3 Å². The van der Waals surface area contributed by atoms with Gasteiger partial charge in [-0.3, -0.25) is 4.79 Å². The highest BCUT2D eigenvalue weighted by Gasteiger charge is 2.15. The molecule has 22 heavy (non-hydrogen) atoms. The van der Waals surface area contributed by atoms with Crippen molar-refractivity contribution in [2.45, 2.75) is 26.4 Å². The van der Waals surface area contributed by atoms with E-state index >= 15 is 0 Å². The Labute approximate surface area is 139 Å². The number of carbonyl (C=O) groups excluding carboxylic acids is 1. The maximum atomic E-state index is 12.1. The Bertz CT molecular complexity index is 682. The van der Waals surface area contributed by atoms with E-state index in [1.54, 1.807) is 25.1 Å². The molecule has 1 aromatic carbocycles. The predicted octanol–water partition coefficient (Wildman–Crippen LogP) is 4.06. The van der Waals surface area contributed by atoms with Gasteiger partial charge in [0.1, 0.15) is 11.5 Å². The molecule has 1 amide bonds. The molecule has 0 radical (unpaired) electrons. The largest absolute Gasteiger partial charge is 0.466 e. The number of hydrogen-bond acceptors (Lipinski definition) is 3. The Morgan fingerprint density at radius 3 is 2.68 bits per heavy atom. The molecule has 0 aliphatic heterocycles. The van der Waals surface area contributed by atoms with E-state index in [4.69, 9.17) is 27.6 Å². The third-order valence-corrected chi connectivity index (χ3v) is 3.88. The van der Waals surface area contributed by atoms with Gasteiger partial charge in [-0.15, -0.1) is 0 Å². The van der Waals surface area contributed by atoms with Crippen LogP contribution in [0.25, 0.3) is 0 Å². The van der Waals surface area contributed by atoms with E-state index < -0.39 is 6.10 Å². The summed E-state index contributed by atoms with van der Waals surface area (Å²) in [4.78, 5) is 12.1. The van der Waals surface area contributed by atoms with Crippen molar-refractivity contribution in [1.82, 2.24) is 5.32 Å². The van der Waals surface area contributed by atoms with Gasteiger partial charge < -0.3 is 14.8 Å². The smallest absolute Gasteiger partial charge is 0.252 e. The van der Waals surface area contributed by atoms with Gasteiger partial charge in [-0.25, -0.2) is 0 Å². The van der Waals surface area contributed by atoms with Crippen LogP contribution in [0.1, 0.15) is 40.0 Å². The van der Waals surface area contributed by atoms with Gasteiger partial charge in [0.05, 0.1) is 16.7 Å². The number of aliphatic hydroxyl groups excluding tert-OH is 1. The lowest BCUT2D eigenvalue weighted by Crippen LogP contribution is -2.26. The zero-order valence-corrected chi connectivity index (χ0v) is 13.8. The van der Waals surface area contributed by atoms with E-state index in [1.165, 1.54) is 6.07 Å². The molecule has 1 heterocycles. The maximum absolute atomic E-state index is 12.1. The molecule has 2 rings (SSSR count). The molecular weight excluding hydrogens is 325 g/mol. The van der Waals surface area contributed by atoms with Crippen molar-refractivity contribution in [2.24, 2.45) is 0 Å². The molecule has 2 N–H and O–H groups in total. The van der Waals surface area contributed by atoms with Crippen LogP contribution in [0.4, 0.5) is 0 Å². The van der Waals surface area contributed by atoms with Crippen LogP contribution in [-0.2, 0) is 0 Å². The molecule has 0 saturated carbocycles. The Morgan fingerprint density at radius 2 is 2.05 bits per heavy atom. The van der Waals surface area contributed by atoms with Crippen LogP contribution in [-0.4, -0.2) is 17.6 Å². The molecule has 6 heteroatoms. The van der Waals surface area contributed by atoms with Crippen molar-refractivity contribution in [2.75, 3.05) is 6.54 Å². The van der Waals surface area contributed by atoms with Crippen LogP contribution < -0.4 is 5.32 Å². The second-order valence-electron chi connectivity index (χ2n) is 5.05. The normalized spacial score (nSPS) is 12.2. The number of amides is 1. The molecule has 0 spiro atoms. The van der Waals surface area contributed by atoms with Crippen molar-refractivity contribution in [3.8, 4) is 0 Å². The summed E-state index contributed by atoms with van der Waals surface area (Å²) in [7, 11) is 0. The van der Waals surface area contributed by atoms with Gasteiger partial charge >= 0.3 is 0 Å². The van der Waals surface area contributed by atoms with Crippen molar-refractivity contribution in [3.63, 3.8) is 0 Å². The summed E-state index contributed by atoms with van der Waals surface area (Å²) in [6.07, 6.45) is -0.309. The lowest BCUT2D eigenvalue weighted by atomic mass is 10.1. The molecule has 0 saturated heterocycles. The average Bonchev–Trinajstić information content (AvgIpc) is 2.80. The molecule has 0 unspecified atom stereocenters. The predicted molar refractivity (Wildman–Crippen MR) is 86.6 cm³/mol. The number of hydrogen-bond donors (Lipinski definition) is 2. The quantitative estimate of drug-likeness (QED) is 0.861. The van der Waals surface area contributed by atoms with Crippen molar-refractivity contribution < 1.29 is 14.3 Å². The third kappa shape index (κ3) is 4.03. The first-order valence-electron chi connectivity index (χ1n) is 6.86. The number of aryl methyl sites for hydroxylation is 2. The molecule has 1 atom stereocenters. The van der Waals surface area contributed by atoms with Crippen molar-refractivity contribution >= 4 is 29.1 Å². The molecular formula is C16H17Cl2NO3. The maximum Gasteiger partial charge on any atom is 0.252 e. The van der Waals surface area contributed by atoms with Gasteiger partial charge in [0.2, 0.25) is 0 Å². The van der Waals surface area contributed by atoms with Gasteiger partial charge in [0, 0.05) is 17.1 Å². The van der Waals surface area contributed by atoms with Gasteiger partial charge in [-0.05, 0) is 44.5 Å². The topological polar surface area (TPSA) is 62.5 Å². The van der Waals surface area contributed by atoms with Gasteiger partial charge in [-0.1, -0.05) is 23.2 Å². The fourth-order valence-corrected chi connectivity index (χ4v) is 2.60. The summed E-state index contributed by atoms with van der Waals surface area (Å²) in [5.41, 5.74) is 1.06. The highest BCUT2D eigenvalue weighted by atomic mass is 35.5. The lowest BCUT2D eigenvalue weighted by molar-refractivity contribution is 0.0942. The molecule has 118 valence electrons. The summed E-state index contributed by atoms with van der Waals surface area (Å²) in [5, 5.41) is 13.6. The summed E-state index contributed by atoms with van der Waals surface area (Å²) in [5.74, 6) is 1.12. The van der Waals surface area contributed by atoms with Crippen LogP contribution in [0.15, 0.2) is 28.7 Å². The molecule has 2 aromatic rings. The number of aliphatic hydroxyl groups is 1. The van der Waals surface area contributed by atoms with E-state index in [0.717, 1.165) is 11.3 Å². The standard InChI is InChI=1S/C16H17Cl2NO3/c1-9-7-12(10(2)22-9)15(20)5-6-19-16(21)13-8-11(17)3-4-14(13)18/h3-4,7-8,15,20H,5-6H2,1-2H3,(H,19,21)/t15-/m1/s1. The average molecular weight is 342 g/mol. The first-order valence-corrected chi connectivity index (χ1v) is 7.62. The number of rotatable bonds is 5. The number of carbonyl (C=O) groups is 1. The summed E-state index contributed by atoms with van der Waals surface area (Å²) in [6, 6.07) is 6.51. The molecule has 0 bridgehead atoms. The van der Waals surface area contributed by atoms with Crippen LogP contribution in [0.2, 0.25) is 10.0 Å². The number of nitrogens with one attached hydrogen (secondary N) is 1. The first kappa shape index (κ1) is 16.9. The number of halogens is 2. The minimum absolute atomic E-state index is 0.312. The molecule has 0 aliphatic rings. The highest BCUT2D eigenvalue weighted by molar-refractivity contribution is 6.35. The summed E-state index contributed by atoms with van der Waals surface area (Å²) < 4.78 is 5.38. The number of benzene rings is 1. The van der Waals surface area contributed by atoms with E-state index in [-0.39, 0.29) is 5.91 Å². The monoisotopic (exact) mass is 341 g/mol. The highest BCUT2D eigenvalue weighted by Crippen LogP contribution is 2.24. The SMILES string of the molecule is Cc1cc([C@H](O)CCNC(=O)c2cc(Cl)ccc2Cl)c(C)o1. The molecule has 4 nitrogen and oxygen atoms in total. The van der Waals surface area contributed by atoms with Crippen molar-refractivity contribution in [1.29, 1.82) is 0 Å². The summed E-state index contributed by atoms with van der Waals surface area (Å²) in [6.45, 7) is 3.94. The third-order valence-electron chi connectivity index (χ3n) is 3.31. The van der Waals surface area contributed by atoms with E-state index in [9.17, 15) is 9.90 Å². The van der Waals surface area contributed by atoms with E-state index in [2.05, 4.69) is 5.32 Å². The Balaban J connectivity index is 1.92. The van der Waals surface area contributed by atoms with Crippen molar-refractivity contribution in [3.05, 3.63) is 57.0 Å².